The molecular weight excluding hydrogens is 368 g/mol. The van der Waals surface area contributed by atoms with Gasteiger partial charge in [0.25, 0.3) is 0 Å². The van der Waals surface area contributed by atoms with Crippen molar-refractivity contribution in [2.24, 2.45) is 17.8 Å². The number of halogens is 1. The molecule has 1 amide bonds. The van der Waals surface area contributed by atoms with Crippen LogP contribution in [0, 0.1) is 17.8 Å². The van der Waals surface area contributed by atoms with Crippen molar-refractivity contribution < 1.29 is 9.53 Å². The van der Waals surface area contributed by atoms with E-state index in [4.69, 9.17) is 4.74 Å². The molecule has 0 N–H and O–H groups in total. The molecule has 3 rings (SSSR count). The van der Waals surface area contributed by atoms with Gasteiger partial charge in [-0.2, -0.15) is 0 Å². The summed E-state index contributed by atoms with van der Waals surface area (Å²) in [6.45, 7) is 6.10. The maximum Gasteiger partial charge on any atom is 0.225 e. The normalized spacial score (nSPS) is 27.5. The molecule has 1 aliphatic carbocycles. The molecule has 2 fully saturated rings. The Bertz CT molecular complexity index is 553. The summed E-state index contributed by atoms with van der Waals surface area (Å²) in [5.74, 6) is 2.74. The maximum absolute atomic E-state index is 12.8. The lowest BCUT2D eigenvalue weighted by atomic mass is 9.76. The van der Waals surface area contributed by atoms with Gasteiger partial charge in [0.15, 0.2) is 0 Å². The predicted molar refractivity (Wildman–Crippen MR) is 97.8 cm³/mol. The second kappa shape index (κ2) is 7.85. The standard InChI is InChI=1S/C19H27BrN2O2/c1-13(2)14-3-5-15(6-4-14)19(23)22-10-9-17(12-22)24-18-8-7-16(20)11-21-18/h7-8,11,13-15,17H,3-6,9-10,12H2,1-2H3. The highest BCUT2D eigenvalue weighted by Crippen LogP contribution is 2.34. The highest BCUT2D eigenvalue weighted by Gasteiger charge is 2.34. The fourth-order valence-electron chi connectivity index (χ4n) is 3.92. The van der Waals surface area contributed by atoms with Gasteiger partial charge in [-0.05, 0) is 59.5 Å². The van der Waals surface area contributed by atoms with Crippen molar-refractivity contribution in [3.63, 3.8) is 0 Å². The van der Waals surface area contributed by atoms with Crippen molar-refractivity contribution in [1.29, 1.82) is 0 Å². The third-order valence-electron chi connectivity index (χ3n) is 5.51. The Morgan fingerprint density at radius 1 is 1.25 bits per heavy atom. The average Bonchev–Trinajstić information content (AvgIpc) is 3.05. The van der Waals surface area contributed by atoms with Crippen LogP contribution in [-0.2, 0) is 4.79 Å². The molecule has 1 unspecified atom stereocenters. The third-order valence-corrected chi connectivity index (χ3v) is 5.98. The van der Waals surface area contributed by atoms with Crippen LogP contribution in [0.2, 0.25) is 0 Å². The van der Waals surface area contributed by atoms with Gasteiger partial charge < -0.3 is 9.64 Å². The monoisotopic (exact) mass is 394 g/mol. The van der Waals surface area contributed by atoms with E-state index in [2.05, 4.69) is 34.8 Å². The van der Waals surface area contributed by atoms with E-state index >= 15 is 0 Å². The van der Waals surface area contributed by atoms with Crippen molar-refractivity contribution in [2.45, 2.75) is 52.1 Å². The lowest BCUT2D eigenvalue weighted by Gasteiger charge is -2.32. The zero-order valence-electron chi connectivity index (χ0n) is 14.6. The number of amides is 1. The molecule has 1 aliphatic heterocycles. The minimum Gasteiger partial charge on any atom is -0.472 e. The number of rotatable bonds is 4. The molecule has 1 saturated carbocycles. The number of likely N-dealkylation sites (tertiary alicyclic amines) is 1. The van der Waals surface area contributed by atoms with E-state index in [1.807, 2.05) is 17.0 Å². The second-order valence-corrected chi connectivity index (χ2v) is 8.40. The van der Waals surface area contributed by atoms with Gasteiger partial charge in [-0.15, -0.1) is 0 Å². The zero-order chi connectivity index (χ0) is 17.1. The predicted octanol–water partition coefficient (Wildman–Crippen LogP) is 4.29. The fraction of sp³-hybridized carbons (Fsp3) is 0.684. The Labute approximate surface area is 153 Å². The van der Waals surface area contributed by atoms with Crippen LogP contribution in [0.1, 0.15) is 46.0 Å². The summed E-state index contributed by atoms with van der Waals surface area (Å²) < 4.78 is 6.86. The minimum absolute atomic E-state index is 0.0645. The lowest BCUT2D eigenvalue weighted by Crippen LogP contribution is -2.37. The number of pyridine rings is 1. The van der Waals surface area contributed by atoms with E-state index < -0.39 is 0 Å². The molecule has 4 nitrogen and oxygen atoms in total. The molecule has 0 radical (unpaired) electrons. The van der Waals surface area contributed by atoms with Crippen LogP contribution >= 0.6 is 15.9 Å². The van der Waals surface area contributed by atoms with Gasteiger partial charge in [0.05, 0.1) is 6.54 Å². The quantitative estimate of drug-likeness (QED) is 0.764. The first kappa shape index (κ1) is 17.7. The molecular formula is C19H27BrN2O2. The van der Waals surface area contributed by atoms with E-state index in [1.54, 1.807) is 6.20 Å². The van der Waals surface area contributed by atoms with E-state index in [9.17, 15) is 4.79 Å². The molecule has 1 aromatic heterocycles. The second-order valence-electron chi connectivity index (χ2n) is 7.48. The van der Waals surface area contributed by atoms with E-state index in [1.165, 1.54) is 12.8 Å². The number of hydrogen-bond donors (Lipinski definition) is 0. The van der Waals surface area contributed by atoms with Gasteiger partial charge in [-0.1, -0.05) is 13.8 Å². The first-order chi connectivity index (χ1) is 11.5. The van der Waals surface area contributed by atoms with Crippen molar-refractivity contribution in [2.75, 3.05) is 13.1 Å². The number of carbonyl (C=O) groups is 1. The highest BCUT2D eigenvalue weighted by molar-refractivity contribution is 9.10. The summed E-state index contributed by atoms with van der Waals surface area (Å²) in [6, 6.07) is 3.79. The van der Waals surface area contributed by atoms with Crippen molar-refractivity contribution in [1.82, 2.24) is 9.88 Å². The smallest absolute Gasteiger partial charge is 0.225 e. The zero-order valence-corrected chi connectivity index (χ0v) is 16.2. The van der Waals surface area contributed by atoms with Gasteiger partial charge in [-0.25, -0.2) is 4.98 Å². The van der Waals surface area contributed by atoms with E-state index in [-0.39, 0.29) is 12.0 Å². The molecule has 0 spiro atoms. The third kappa shape index (κ3) is 4.29. The Kier molecular flexibility index (Phi) is 5.80. The van der Waals surface area contributed by atoms with Crippen LogP contribution in [-0.4, -0.2) is 35.0 Å². The summed E-state index contributed by atoms with van der Waals surface area (Å²) in [5, 5.41) is 0. The SMILES string of the molecule is CC(C)C1CCC(C(=O)N2CCC(Oc3ccc(Br)cn3)C2)CC1. The van der Waals surface area contributed by atoms with E-state index in [0.29, 0.717) is 18.3 Å². The number of hydrogen-bond acceptors (Lipinski definition) is 3. The van der Waals surface area contributed by atoms with Crippen LogP contribution in [0.25, 0.3) is 0 Å². The average molecular weight is 395 g/mol. The van der Waals surface area contributed by atoms with Crippen molar-refractivity contribution >= 4 is 21.8 Å². The molecule has 0 aromatic carbocycles. The van der Waals surface area contributed by atoms with Crippen molar-refractivity contribution in [3.05, 3.63) is 22.8 Å². The Morgan fingerprint density at radius 2 is 2.00 bits per heavy atom. The maximum atomic E-state index is 12.8. The molecule has 1 atom stereocenters. The minimum atomic E-state index is 0.0645. The van der Waals surface area contributed by atoms with Gasteiger partial charge >= 0.3 is 0 Å². The van der Waals surface area contributed by atoms with Crippen LogP contribution in [0.3, 0.4) is 0 Å². The van der Waals surface area contributed by atoms with Gasteiger partial charge in [0.1, 0.15) is 6.10 Å². The van der Waals surface area contributed by atoms with Crippen molar-refractivity contribution in [3.8, 4) is 5.88 Å². The number of nitrogens with zero attached hydrogens (tertiary/aromatic N) is 2. The molecule has 1 saturated heterocycles. The van der Waals surface area contributed by atoms with Gasteiger partial charge in [-0.3, -0.25) is 4.79 Å². The Hall–Kier alpha value is -1.10. The largest absolute Gasteiger partial charge is 0.472 e. The first-order valence-electron chi connectivity index (χ1n) is 9.10. The number of ether oxygens (including phenoxy) is 1. The number of aromatic nitrogens is 1. The summed E-state index contributed by atoms with van der Waals surface area (Å²) in [4.78, 5) is 19.0. The van der Waals surface area contributed by atoms with Gasteiger partial charge in [0.2, 0.25) is 11.8 Å². The topological polar surface area (TPSA) is 42.4 Å². The molecule has 24 heavy (non-hydrogen) atoms. The van der Waals surface area contributed by atoms with Crippen LogP contribution in [0.5, 0.6) is 5.88 Å². The van der Waals surface area contributed by atoms with E-state index in [0.717, 1.165) is 42.1 Å². The first-order valence-corrected chi connectivity index (χ1v) is 9.89. The summed E-state index contributed by atoms with van der Waals surface area (Å²) in [6.07, 6.45) is 7.20. The van der Waals surface area contributed by atoms with Crippen LogP contribution in [0.15, 0.2) is 22.8 Å². The van der Waals surface area contributed by atoms with Gasteiger partial charge in [0, 0.05) is 35.6 Å². The molecule has 5 heteroatoms. The molecule has 2 heterocycles. The molecule has 1 aromatic rings. The summed E-state index contributed by atoms with van der Waals surface area (Å²) >= 11 is 3.37. The molecule has 2 aliphatic rings. The molecule has 0 bridgehead atoms. The van der Waals surface area contributed by atoms with Crippen LogP contribution < -0.4 is 4.74 Å². The lowest BCUT2D eigenvalue weighted by molar-refractivity contribution is -0.136. The number of carbonyl (C=O) groups excluding carboxylic acids is 1. The Balaban J connectivity index is 1.48. The summed E-state index contributed by atoms with van der Waals surface area (Å²) in [7, 11) is 0. The highest BCUT2D eigenvalue weighted by atomic mass is 79.9. The summed E-state index contributed by atoms with van der Waals surface area (Å²) in [5.41, 5.74) is 0. The fourth-order valence-corrected chi connectivity index (χ4v) is 4.15. The van der Waals surface area contributed by atoms with Crippen LogP contribution in [0.4, 0.5) is 0 Å². The molecule has 132 valence electrons. The Morgan fingerprint density at radius 3 is 2.62 bits per heavy atom.